The Kier molecular flexibility index (Phi) is 5.40. The van der Waals surface area contributed by atoms with Gasteiger partial charge < -0.3 is 9.73 Å². The molecule has 1 atom stereocenters. The first-order valence-electron chi connectivity index (χ1n) is 10.5. The second kappa shape index (κ2) is 8.52. The number of hydrogen-bond donors (Lipinski definition) is 1. The number of benzene rings is 2. The summed E-state index contributed by atoms with van der Waals surface area (Å²) in [5.74, 6) is 0.903. The fourth-order valence-electron chi connectivity index (χ4n) is 3.90. The van der Waals surface area contributed by atoms with Gasteiger partial charge in [-0.15, -0.1) is 0 Å². The molecule has 164 valence electrons. The Hall–Kier alpha value is -3.97. The van der Waals surface area contributed by atoms with Gasteiger partial charge in [-0.1, -0.05) is 59.9 Å². The summed E-state index contributed by atoms with van der Waals surface area (Å²) in [6, 6.07) is 21.8. The minimum Gasteiger partial charge on any atom is -0.464 e. The summed E-state index contributed by atoms with van der Waals surface area (Å²) in [4.78, 5) is 32.1. The van der Waals surface area contributed by atoms with Crippen molar-refractivity contribution in [2.24, 2.45) is 4.99 Å². The molecule has 7 heteroatoms. The van der Waals surface area contributed by atoms with E-state index in [0.29, 0.717) is 37.8 Å². The number of carbonyl (C=O) groups excluding carboxylic acids is 1. The van der Waals surface area contributed by atoms with Crippen molar-refractivity contribution in [3.8, 4) is 0 Å². The number of rotatable bonds is 4. The Labute approximate surface area is 193 Å². The molecule has 6 nitrogen and oxygen atoms in total. The maximum Gasteiger partial charge on any atom is 0.271 e. The average Bonchev–Trinajstić information content (AvgIpc) is 3.37. The van der Waals surface area contributed by atoms with Crippen molar-refractivity contribution in [2.75, 3.05) is 5.32 Å². The molecule has 0 spiro atoms. The predicted molar refractivity (Wildman–Crippen MR) is 129 cm³/mol. The zero-order valence-electron chi connectivity index (χ0n) is 18.1. The molecule has 4 aromatic rings. The van der Waals surface area contributed by atoms with Crippen molar-refractivity contribution in [2.45, 2.75) is 19.9 Å². The summed E-state index contributed by atoms with van der Waals surface area (Å²) in [6.45, 7) is 3.62. The van der Waals surface area contributed by atoms with Crippen molar-refractivity contribution in [1.29, 1.82) is 0 Å². The third-order valence-electron chi connectivity index (χ3n) is 5.43. The molecule has 0 radical (unpaired) electrons. The van der Waals surface area contributed by atoms with Gasteiger partial charge in [-0.3, -0.25) is 14.2 Å². The topological polar surface area (TPSA) is 76.6 Å². The summed E-state index contributed by atoms with van der Waals surface area (Å²) in [7, 11) is 0. The summed E-state index contributed by atoms with van der Waals surface area (Å²) in [5, 5.41) is 2.93. The molecule has 0 saturated carbocycles. The van der Waals surface area contributed by atoms with Crippen molar-refractivity contribution >= 4 is 29.0 Å². The smallest absolute Gasteiger partial charge is 0.271 e. The summed E-state index contributed by atoms with van der Waals surface area (Å²) in [5.41, 5.74) is 2.31. The lowest BCUT2D eigenvalue weighted by Crippen LogP contribution is -2.40. The van der Waals surface area contributed by atoms with Crippen molar-refractivity contribution < 1.29 is 9.21 Å². The number of amides is 1. The second-order valence-corrected chi connectivity index (χ2v) is 8.77. The van der Waals surface area contributed by atoms with Gasteiger partial charge in [0.25, 0.3) is 11.5 Å². The van der Waals surface area contributed by atoms with E-state index in [1.807, 2.05) is 85.8 Å². The molecule has 5 rings (SSSR count). The lowest BCUT2D eigenvalue weighted by atomic mass is 10.00. The third kappa shape index (κ3) is 3.99. The number of fused-ring (bicyclic) bond motifs is 1. The zero-order valence-corrected chi connectivity index (χ0v) is 18.9. The van der Waals surface area contributed by atoms with E-state index in [0.717, 1.165) is 5.56 Å². The largest absolute Gasteiger partial charge is 0.464 e. The van der Waals surface area contributed by atoms with Crippen LogP contribution in [0.1, 0.15) is 30.0 Å². The van der Waals surface area contributed by atoms with Crippen LogP contribution in [0, 0.1) is 6.92 Å². The molecule has 0 unspecified atom stereocenters. The molecule has 2 aromatic carbocycles. The molecule has 0 fully saturated rings. The molecule has 1 aliphatic heterocycles. The van der Waals surface area contributed by atoms with E-state index in [9.17, 15) is 9.59 Å². The highest BCUT2D eigenvalue weighted by atomic mass is 32.1. The Balaban J connectivity index is 1.67. The van der Waals surface area contributed by atoms with Gasteiger partial charge in [0.2, 0.25) is 0 Å². The van der Waals surface area contributed by atoms with E-state index >= 15 is 0 Å². The lowest BCUT2D eigenvalue weighted by molar-refractivity contribution is -0.113. The standard InChI is InChI=1S/C26H21N3O3S/c1-16-13-14-20(32-16)23-22(24(30)28-19-11-7-4-8-12-19)17(2)27-26-29(23)25(31)21(33-26)15-18-9-5-3-6-10-18/h3-15,23H,1-2H3,(H,28,30)/b21-15-/t23-/m0/s1. The number of furan rings is 1. The number of aromatic nitrogens is 1. The van der Waals surface area contributed by atoms with Gasteiger partial charge in [-0.05, 0) is 49.8 Å². The van der Waals surface area contributed by atoms with E-state index in [4.69, 9.17) is 4.42 Å². The number of nitrogens with one attached hydrogen (secondary N) is 1. The number of carbonyl (C=O) groups is 1. The maximum absolute atomic E-state index is 13.5. The van der Waals surface area contributed by atoms with Crippen molar-refractivity contribution in [3.63, 3.8) is 0 Å². The number of hydrogen-bond acceptors (Lipinski definition) is 5. The number of allylic oxidation sites excluding steroid dienone is 1. The summed E-state index contributed by atoms with van der Waals surface area (Å²) < 4.78 is 8.03. The molecule has 3 heterocycles. The van der Waals surface area contributed by atoms with Crippen LogP contribution in [-0.4, -0.2) is 10.5 Å². The molecule has 0 bridgehead atoms. The minimum atomic E-state index is -0.711. The van der Waals surface area contributed by atoms with Crippen LogP contribution in [0.15, 0.2) is 98.3 Å². The SMILES string of the molecule is CC1=C(C(=O)Nc2ccccc2)[C@H](c2ccc(C)o2)n2c(s/c(=C\c3ccccc3)c2=O)=N1. The van der Waals surface area contributed by atoms with Crippen LogP contribution < -0.4 is 20.2 Å². The first-order chi connectivity index (χ1) is 16.0. The molecule has 33 heavy (non-hydrogen) atoms. The number of anilines is 1. The van der Waals surface area contributed by atoms with Gasteiger partial charge in [0.1, 0.15) is 17.6 Å². The predicted octanol–water partition coefficient (Wildman–Crippen LogP) is 3.78. The van der Waals surface area contributed by atoms with Gasteiger partial charge in [0.15, 0.2) is 4.80 Å². The molecule has 1 amide bonds. The zero-order chi connectivity index (χ0) is 22.9. The van der Waals surface area contributed by atoms with E-state index in [1.165, 1.54) is 11.3 Å². The fraction of sp³-hybridized carbons (Fsp3) is 0.115. The fourth-order valence-corrected chi connectivity index (χ4v) is 4.95. The average molecular weight is 456 g/mol. The highest BCUT2D eigenvalue weighted by Crippen LogP contribution is 2.31. The highest BCUT2D eigenvalue weighted by Gasteiger charge is 2.34. The Morgan fingerprint density at radius 3 is 2.39 bits per heavy atom. The van der Waals surface area contributed by atoms with Crippen LogP contribution in [0.4, 0.5) is 5.69 Å². The number of thiazole rings is 1. The van der Waals surface area contributed by atoms with E-state index in [-0.39, 0.29) is 11.5 Å². The number of para-hydroxylation sites is 1. The molecule has 2 aromatic heterocycles. The van der Waals surface area contributed by atoms with Gasteiger partial charge in [-0.2, -0.15) is 0 Å². The molecule has 1 N–H and O–H groups in total. The number of aryl methyl sites for hydroxylation is 1. The first kappa shape index (κ1) is 20.9. The Morgan fingerprint density at radius 2 is 1.73 bits per heavy atom. The molecule has 0 saturated heterocycles. The van der Waals surface area contributed by atoms with Crippen LogP contribution in [-0.2, 0) is 4.79 Å². The van der Waals surface area contributed by atoms with Gasteiger partial charge in [0, 0.05) is 5.69 Å². The molecule has 0 aliphatic carbocycles. The molecule has 1 aliphatic rings. The summed E-state index contributed by atoms with van der Waals surface area (Å²) >= 11 is 1.30. The molecular formula is C26H21N3O3S. The maximum atomic E-state index is 13.5. The lowest BCUT2D eigenvalue weighted by Gasteiger charge is -2.23. The van der Waals surface area contributed by atoms with Gasteiger partial charge in [0.05, 0.1) is 15.8 Å². The quantitative estimate of drug-likeness (QED) is 0.509. The highest BCUT2D eigenvalue weighted by molar-refractivity contribution is 7.07. The van der Waals surface area contributed by atoms with Crippen LogP contribution >= 0.6 is 11.3 Å². The van der Waals surface area contributed by atoms with Crippen LogP contribution in [0.3, 0.4) is 0 Å². The molecular weight excluding hydrogens is 434 g/mol. The summed E-state index contributed by atoms with van der Waals surface area (Å²) in [6.07, 6.45) is 1.84. The van der Waals surface area contributed by atoms with E-state index in [1.54, 1.807) is 11.5 Å². The van der Waals surface area contributed by atoms with Crippen molar-refractivity contribution in [1.82, 2.24) is 4.57 Å². The van der Waals surface area contributed by atoms with Gasteiger partial charge >= 0.3 is 0 Å². The third-order valence-corrected chi connectivity index (χ3v) is 6.41. The number of nitrogens with zero attached hydrogens (tertiary/aromatic N) is 2. The van der Waals surface area contributed by atoms with E-state index in [2.05, 4.69) is 10.3 Å². The van der Waals surface area contributed by atoms with Gasteiger partial charge in [-0.25, -0.2) is 4.99 Å². The second-order valence-electron chi connectivity index (χ2n) is 7.76. The first-order valence-corrected chi connectivity index (χ1v) is 11.3. The monoisotopic (exact) mass is 455 g/mol. The minimum absolute atomic E-state index is 0.209. The normalized spacial score (nSPS) is 15.8. The Bertz CT molecular complexity index is 1540. The van der Waals surface area contributed by atoms with Crippen LogP contribution in [0.5, 0.6) is 0 Å². The van der Waals surface area contributed by atoms with E-state index < -0.39 is 6.04 Å². The van der Waals surface area contributed by atoms with Crippen LogP contribution in [0.2, 0.25) is 0 Å². The van der Waals surface area contributed by atoms with Crippen molar-refractivity contribution in [3.05, 3.63) is 121 Å². The Morgan fingerprint density at radius 1 is 1.03 bits per heavy atom. The van der Waals surface area contributed by atoms with Crippen LogP contribution in [0.25, 0.3) is 6.08 Å².